The Hall–Kier alpha value is -1.57. The number of ether oxygens (including phenoxy) is 1. The first-order valence-electron chi connectivity index (χ1n) is 5.81. The molecule has 0 saturated carbocycles. The van der Waals surface area contributed by atoms with E-state index in [-0.39, 0.29) is 25.0 Å². The molecular formula is C12H20N2O3. The summed E-state index contributed by atoms with van der Waals surface area (Å²) in [5.41, 5.74) is 0. The summed E-state index contributed by atoms with van der Waals surface area (Å²) in [4.78, 5) is 24.6. The van der Waals surface area contributed by atoms with Crippen LogP contribution in [0.5, 0.6) is 0 Å². The van der Waals surface area contributed by atoms with E-state index in [4.69, 9.17) is 10.00 Å². The minimum atomic E-state index is -0.704. The van der Waals surface area contributed by atoms with Crippen LogP contribution >= 0.6 is 0 Å². The Balaban J connectivity index is 4.60. The average Bonchev–Trinajstić information content (AvgIpc) is 2.26. The maximum Gasteiger partial charge on any atom is 0.325 e. The minimum absolute atomic E-state index is 0.0660. The van der Waals surface area contributed by atoms with Crippen LogP contribution in [0.25, 0.3) is 0 Å². The Kier molecular flexibility index (Phi) is 6.95. The van der Waals surface area contributed by atoms with Gasteiger partial charge in [-0.1, -0.05) is 13.8 Å². The van der Waals surface area contributed by atoms with Crippen molar-refractivity contribution in [1.82, 2.24) is 4.90 Å². The maximum atomic E-state index is 12.0. The van der Waals surface area contributed by atoms with Gasteiger partial charge >= 0.3 is 5.97 Å². The van der Waals surface area contributed by atoms with E-state index in [0.717, 1.165) is 0 Å². The topological polar surface area (TPSA) is 70.4 Å². The molecule has 0 aliphatic carbocycles. The van der Waals surface area contributed by atoms with Crippen molar-refractivity contribution in [2.75, 3.05) is 19.7 Å². The largest absolute Gasteiger partial charge is 0.465 e. The van der Waals surface area contributed by atoms with Gasteiger partial charge in [0.2, 0.25) is 5.91 Å². The number of hydrogen-bond donors (Lipinski definition) is 0. The molecule has 0 aromatic heterocycles. The normalized spacial score (nSPS) is 11.8. The second-order valence-corrected chi connectivity index (χ2v) is 4.01. The molecule has 0 aliphatic rings. The number of likely N-dealkylation sites (N-methyl/N-ethyl adjacent to an activating group) is 1. The third-order valence-electron chi connectivity index (χ3n) is 2.39. The lowest BCUT2D eigenvalue weighted by Gasteiger charge is -2.23. The summed E-state index contributed by atoms with van der Waals surface area (Å²) >= 11 is 0. The number of carbonyl (C=O) groups is 2. The summed E-state index contributed by atoms with van der Waals surface area (Å²) in [6.07, 6.45) is 0. The molecule has 0 heterocycles. The highest BCUT2D eigenvalue weighted by Gasteiger charge is 2.27. The molecule has 0 aromatic carbocycles. The average molecular weight is 240 g/mol. The fraction of sp³-hybridized carbons (Fsp3) is 0.750. The monoisotopic (exact) mass is 240 g/mol. The standard InChI is InChI=1S/C12H20N2O3/c1-5-14(8-11(15)17-6-2)12(16)10(7-13)9(3)4/h9-10H,5-6,8H2,1-4H3. The highest BCUT2D eigenvalue weighted by molar-refractivity contribution is 5.85. The van der Waals surface area contributed by atoms with Gasteiger partial charge in [0.25, 0.3) is 0 Å². The summed E-state index contributed by atoms with van der Waals surface area (Å²) in [5, 5.41) is 8.94. The molecule has 1 atom stereocenters. The van der Waals surface area contributed by atoms with Crippen LogP contribution in [0.1, 0.15) is 27.7 Å². The van der Waals surface area contributed by atoms with Crippen LogP contribution in [0, 0.1) is 23.2 Å². The molecule has 5 nitrogen and oxygen atoms in total. The van der Waals surface area contributed by atoms with Gasteiger partial charge in [0, 0.05) is 6.54 Å². The third kappa shape index (κ3) is 4.85. The molecular weight excluding hydrogens is 220 g/mol. The SMILES string of the molecule is CCOC(=O)CN(CC)C(=O)C(C#N)C(C)C. The van der Waals surface area contributed by atoms with E-state index in [9.17, 15) is 9.59 Å². The van der Waals surface area contributed by atoms with Crippen molar-refractivity contribution in [3.05, 3.63) is 0 Å². The lowest BCUT2D eigenvalue weighted by molar-refractivity contribution is -0.150. The van der Waals surface area contributed by atoms with Crippen LogP contribution in [0.4, 0.5) is 0 Å². The Morgan fingerprint density at radius 2 is 1.94 bits per heavy atom. The molecule has 0 radical (unpaired) electrons. The second kappa shape index (κ2) is 7.66. The summed E-state index contributed by atoms with van der Waals surface area (Å²) in [5.74, 6) is -1.52. The number of hydrogen-bond acceptors (Lipinski definition) is 4. The Labute approximate surface area is 102 Å². The number of carbonyl (C=O) groups excluding carboxylic acids is 2. The van der Waals surface area contributed by atoms with E-state index in [2.05, 4.69) is 0 Å². The van der Waals surface area contributed by atoms with Crippen LogP contribution in [0.2, 0.25) is 0 Å². The lowest BCUT2D eigenvalue weighted by atomic mass is 9.96. The van der Waals surface area contributed by atoms with Gasteiger partial charge in [-0.05, 0) is 19.8 Å². The second-order valence-electron chi connectivity index (χ2n) is 4.01. The van der Waals surface area contributed by atoms with Gasteiger partial charge in [0.15, 0.2) is 0 Å². The van der Waals surface area contributed by atoms with E-state index in [1.165, 1.54) is 4.90 Å². The summed E-state index contributed by atoms with van der Waals surface area (Å²) in [6, 6.07) is 1.98. The summed E-state index contributed by atoms with van der Waals surface area (Å²) in [7, 11) is 0. The van der Waals surface area contributed by atoms with Gasteiger partial charge in [-0.15, -0.1) is 0 Å². The minimum Gasteiger partial charge on any atom is -0.465 e. The molecule has 96 valence electrons. The van der Waals surface area contributed by atoms with Crippen LogP contribution in [-0.2, 0) is 14.3 Å². The van der Waals surface area contributed by atoms with E-state index in [1.54, 1.807) is 13.8 Å². The van der Waals surface area contributed by atoms with Crippen molar-refractivity contribution in [1.29, 1.82) is 5.26 Å². The van der Waals surface area contributed by atoms with E-state index < -0.39 is 11.9 Å². The van der Waals surface area contributed by atoms with Gasteiger partial charge < -0.3 is 9.64 Å². The first-order valence-corrected chi connectivity index (χ1v) is 5.81. The molecule has 0 spiro atoms. The lowest BCUT2D eigenvalue weighted by Crippen LogP contribution is -2.41. The molecule has 0 rings (SSSR count). The first kappa shape index (κ1) is 15.4. The van der Waals surface area contributed by atoms with Gasteiger partial charge in [-0.2, -0.15) is 5.26 Å². The zero-order valence-corrected chi connectivity index (χ0v) is 10.9. The molecule has 0 N–H and O–H groups in total. The summed E-state index contributed by atoms with van der Waals surface area (Å²) < 4.78 is 4.78. The molecule has 1 unspecified atom stereocenters. The maximum absolute atomic E-state index is 12.0. The van der Waals surface area contributed by atoms with Crippen LogP contribution in [0.3, 0.4) is 0 Å². The van der Waals surface area contributed by atoms with E-state index >= 15 is 0 Å². The van der Waals surface area contributed by atoms with Gasteiger partial charge in [0.1, 0.15) is 12.5 Å². The van der Waals surface area contributed by atoms with E-state index in [1.807, 2.05) is 19.9 Å². The number of rotatable bonds is 6. The zero-order valence-electron chi connectivity index (χ0n) is 10.9. The molecule has 0 aliphatic heterocycles. The van der Waals surface area contributed by atoms with Crippen molar-refractivity contribution in [2.45, 2.75) is 27.7 Å². The van der Waals surface area contributed by atoms with E-state index in [0.29, 0.717) is 6.54 Å². The van der Waals surface area contributed by atoms with Crippen molar-refractivity contribution in [3.8, 4) is 6.07 Å². The zero-order chi connectivity index (χ0) is 13.4. The molecule has 0 aromatic rings. The Bertz CT molecular complexity index is 307. The van der Waals surface area contributed by atoms with Crippen molar-refractivity contribution in [3.63, 3.8) is 0 Å². The fourth-order valence-electron chi connectivity index (χ4n) is 1.39. The van der Waals surface area contributed by atoms with Crippen LogP contribution in [-0.4, -0.2) is 36.5 Å². The summed E-state index contributed by atoms with van der Waals surface area (Å²) in [6.45, 7) is 7.69. The van der Waals surface area contributed by atoms with Crippen molar-refractivity contribution in [2.24, 2.45) is 11.8 Å². The molecule has 0 fully saturated rings. The quantitative estimate of drug-likeness (QED) is 0.654. The number of nitrogens with zero attached hydrogens (tertiary/aromatic N) is 2. The van der Waals surface area contributed by atoms with Crippen LogP contribution < -0.4 is 0 Å². The van der Waals surface area contributed by atoms with Crippen molar-refractivity contribution >= 4 is 11.9 Å². The predicted octanol–water partition coefficient (Wildman–Crippen LogP) is 1.19. The Morgan fingerprint density at radius 1 is 1.35 bits per heavy atom. The highest BCUT2D eigenvalue weighted by Crippen LogP contribution is 2.13. The van der Waals surface area contributed by atoms with Gasteiger partial charge in [-0.25, -0.2) is 0 Å². The highest BCUT2D eigenvalue weighted by atomic mass is 16.5. The number of esters is 1. The third-order valence-corrected chi connectivity index (χ3v) is 2.39. The Morgan fingerprint density at radius 3 is 2.29 bits per heavy atom. The smallest absolute Gasteiger partial charge is 0.325 e. The fourth-order valence-corrected chi connectivity index (χ4v) is 1.39. The first-order chi connectivity index (χ1) is 7.97. The molecule has 0 bridgehead atoms. The van der Waals surface area contributed by atoms with Crippen LogP contribution in [0.15, 0.2) is 0 Å². The van der Waals surface area contributed by atoms with Crippen molar-refractivity contribution < 1.29 is 14.3 Å². The molecule has 17 heavy (non-hydrogen) atoms. The van der Waals surface area contributed by atoms with Gasteiger partial charge in [-0.3, -0.25) is 9.59 Å². The predicted molar refractivity (Wildman–Crippen MR) is 62.8 cm³/mol. The molecule has 0 saturated heterocycles. The molecule has 5 heteroatoms. The molecule has 1 amide bonds. The number of nitriles is 1. The van der Waals surface area contributed by atoms with Gasteiger partial charge in [0.05, 0.1) is 12.7 Å². The number of amides is 1.